The standard InChI is InChI=1S/C40H41BrClN5O8/c1-21-15-22-16-28(35(21)49)29-18-26(19-30(41)36(29)50)34(38(52)44-20-33(48)45-32(17-22)40(54)55)47(2)39(53)31(5-3-4-14-43)46-37(51)25-8-6-23(7-9-25)24-10-12-27(42)13-11-24/h6-13,15-16,18-19,31-32,34,49-50H,3-5,14,17,20,43H2,1-2H3,(H,44,52)(H,45,48)(H,46,51)(H,54,55). The molecule has 15 heteroatoms. The average molecular weight is 835 g/mol. The third-order valence-electron chi connectivity index (χ3n) is 9.41. The van der Waals surface area contributed by atoms with E-state index in [2.05, 4.69) is 31.9 Å². The molecule has 0 fully saturated rings. The number of nitrogens with one attached hydrogen (secondary N) is 3. The molecule has 13 nitrogen and oxygen atoms in total. The number of carbonyl (C=O) groups is 5. The molecule has 3 unspecified atom stereocenters. The first-order valence-electron chi connectivity index (χ1n) is 17.5. The zero-order valence-corrected chi connectivity index (χ0v) is 32.4. The van der Waals surface area contributed by atoms with Crippen molar-refractivity contribution < 1.29 is 39.3 Å². The molecule has 55 heavy (non-hydrogen) atoms. The maximum Gasteiger partial charge on any atom is 0.326 e. The van der Waals surface area contributed by atoms with Gasteiger partial charge < -0.3 is 41.9 Å². The first kappa shape index (κ1) is 40.7. The number of carboxylic acids is 1. The summed E-state index contributed by atoms with van der Waals surface area (Å²) in [7, 11) is 1.38. The van der Waals surface area contributed by atoms with Crippen LogP contribution in [0, 0.1) is 6.92 Å². The molecule has 5 rings (SSSR count). The monoisotopic (exact) mass is 833 g/mol. The number of aliphatic carboxylic acids is 1. The Morgan fingerprint density at radius 1 is 0.964 bits per heavy atom. The molecule has 0 saturated carbocycles. The highest BCUT2D eigenvalue weighted by Crippen LogP contribution is 2.44. The van der Waals surface area contributed by atoms with Gasteiger partial charge in [-0.05, 0) is 119 Å². The summed E-state index contributed by atoms with van der Waals surface area (Å²) in [4.78, 5) is 68.3. The Morgan fingerprint density at radius 3 is 2.24 bits per heavy atom. The van der Waals surface area contributed by atoms with Crippen LogP contribution in [0.5, 0.6) is 11.5 Å². The number of benzene rings is 4. The molecule has 4 aromatic carbocycles. The minimum atomic E-state index is -1.44. The summed E-state index contributed by atoms with van der Waals surface area (Å²) in [5.74, 6) is -4.57. The lowest BCUT2D eigenvalue weighted by Gasteiger charge is -2.32. The summed E-state index contributed by atoms with van der Waals surface area (Å²) >= 11 is 9.37. The van der Waals surface area contributed by atoms with Gasteiger partial charge >= 0.3 is 5.97 Å². The fourth-order valence-corrected chi connectivity index (χ4v) is 7.08. The van der Waals surface area contributed by atoms with Crippen LogP contribution in [0.25, 0.3) is 22.3 Å². The minimum Gasteiger partial charge on any atom is -0.507 e. The van der Waals surface area contributed by atoms with Gasteiger partial charge in [0.15, 0.2) is 0 Å². The van der Waals surface area contributed by atoms with Gasteiger partial charge in [-0.25, -0.2) is 4.79 Å². The SMILES string of the molecule is Cc1cc2cc(c1O)-c1cc(cc(Br)c1O)C(N(C)C(=O)C(CCCCN)NC(=O)c1ccc(-c3ccc(Cl)cc3)cc1)C(=O)NCC(=O)NC(C(=O)O)C2. The Balaban J connectivity index is 1.52. The van der Waals surface area contributed by atoms with Gasteiger partial charge in [0.05, 0.1) is 11.0 Å². The first-order chi connectivity index (χ1) is 26.2. The quantitative estimate of drug-likeness (QED) is 0.109. The van der Waals surface area contributed by atoms with Crippen LogP contribution >= 0.6 is 27.5 Å². The van der Waals surface area contributed by atoms with E-state index >= 15 is 0 Å². The van der Waals surface area contributed by atoms with E-state index in [1.807, 2.05) is 12.1 Å². The van der Waals surface area contributed by atoms with Crippen LogP contribution in [0.2, 0.25) is 5.02 Å². The van der Waals surface area contributed by atoms with Crippen LogP contribution in [0.15, 0.2) is 77.3 Å². The summed E-state index contributed by atoms with van der Waals surface area (Å²) in [6.07, 6.45) is 1.06. The van der Waals surface area contributed by atoms with E-state index in [-0.39, 0.29) is 45.5 Å². The normalized spacial score (nSPS) is 16.2. The average Bonchev–Trinajstić information content (AvgIpc) is 3.15. The number of nitrogens with zero attached hydrogens (tertiary/aromatic N) is 1. The molecule has 288 valence electrons. The summed E-state index contributed by atoms with van der Waals surface area (Å²) in [6, 6.07) is 16.1. The van der Waals surface area contributed by atoms with Crippen molar-refractivity contribution in [2.45, 2.75) is 50.7 Å². The Kier molecular flexibility index (Phi) is 13.2. The van der Waals surface area contributed by atoms with Gasteiger partial charge in [0.2, 0.25) is 17.7 Å². The van der Waals surface area contributed by atoms with E-state index in [9.17, 15) is 39.3 Å². The molecule has 1 aliphatic rings. The molecule has 0 aromatic heterocycles. The van der Waals surface area contributed by atoms with Crippen molar-refractivity contribution in [3.8, 4) is 33.8 Å². The van der Waals surface area contributed by atoms with Crippen molar-refractivity contribution in [1.29, 1.82) is 0 Å². The van der Waals surface area contributed by atoms with Crippen LogP contribution in [0.4, 0.5) is 0 Å². The fourth-order valence-electron chi connectivity index (χ4n) is 6.48. The molecule has 0 aliphatic carbocycles. The second-order valence-electron chi connectivity index (χ2n) is 13.3. The van der Waals surface area contributed by atoms with E-state index in [0.717, 1.165) is 16.0 Å². The van der Waals surface area contributed by atoms with Crippen molar-refractivity contribution in [2.75, 3.05) is 20.1 Å². The molecule has 4 bridgehead atoms. The van der Waals surface area contributed by atoms with Crippen LogP contribution in [0.1, 0.15) is 52.4 Å². The predicted octanol–water partition coefficient (Wildman–Crippen LogP) is 4.82. The van der Waals surface area contributed by atoms with E-state index in [0.29, 0.717) is 41.1 Å². The third-order valence-corrected chi connectivity index (χ3v) is 10.3. The van der Waals surface area contributed by atoms with Crippen LogP contribution in [-0.2, 0) is 25.6 Å². The molecule has 4 amide bonds. The first-order valence-corrected chi connectivity index (χ1v) is 18.6. The number of rotatable bonds is 10. The molecule has 8 N–H and O–H groups in total. The van der Waals surface area contributed by atoms with E-state index in [1.54, 1.807) is 49.4 Å². The highest BCUT2D eigenvalue weighted by Gasteiger charge is 2.35. The van der Waals surface area contributed by atoms with E-state index in [1.165, 1.54) is 25.2 Å². The molecule has 1 aliphatic heterocycles. The lowest BCUT2D eigenvalue weighted by molar-refractivity contribution is -0.142. The van der Waals surface area contributed by atoms with Crippen LogP contribution in [-0.4, -0.2) is 82.0 Å². The van der Waals surface area contributed by atoms with Gasteiger partial charge in [0, 0.05) is 35.2 Å². The number of phenolic OH excluding ortho intramolecular Hbond substituents is 2. The smallest absolute Gasteiger partial charge is 0.326 e. The molecular formula is C40H41BrClN5O8. The highest BCUT2D eigenvalue weighted by atomic mass is 79.9. The number of fused-ring (bicyclic) bond motifs is 5. The number of phenols is 2. The number of aryl methyl sites for hydroxylation is 1. The zero-order chi connectivity index (χ0) is 40.0. The zero-order valence-electron chi connectivity index (χ0n) is 30.1. The van der Waals surface area contributed by atoms with Crippen molar-refractivity contribution in [3.63, 3.8) is 0 Å². The summed E-state index contributed by atoms with van der Waals surface area (Å²) < 4.78 is 0.129. The van der Waals surface area contributed by atoms with Gasteiger partial charge in [-0.1, -0.05) is 41.9 Å². The van der Waals surface area contributed by atoms with Crippen molar-refractivity contribution in [2.24, 2.45) is 5.73 Å². The highest BCUT2D eigenvalue weighted by molar-refractivity contribution is 9.10. The van der Waals surface area contributed by atoms with Gasteiger partial charge in [-0.3, -0.25) is 19.2 Å². The molecule has 0 saturated heterocycles. The number of aromatic hydroxyl groups is 2. The second kappa shape index (κ2) is 17.8. The Morgan fingerprint density at radius 2 is 1.60 bits per heavy atom. The Hall–Kier alpha value is -5.44. The van der Waals surface area contributed by atoms with Crippen LogP contribution < -0.4 is 21.7 Å². The van der Waals surface area contributed by atoms with Gasteiger partial charge in [0.1, 0.15) is 29.6 Å². The summed E-state index contributed by atoms with van der Waals surface area (Å²) in [5, 5.41) is 40.6. The molecule has 3 atom stereocenters. The molecule has 0 spiro atoms. The number of unbranched alkanes of at least 4 members (excludes halogenated alkanes) is 1. The van der Waals surface area contributed by atoms with E-state index in [4.69, 9.17) is 17.3 Å². The topological polar surface area (TPSA) is 211 Å². The number of carboxylic acid groups (broad SMARTS) is 1. The number of carbonyl (C=O) groups excluding carboxylic acids is 4. The molecule has 4 aromatic rings. The molecular weight excluding hydrogens is 794 g/mol. The lowest BCUT2D eigenvalue weighted by atomic mass is 9.92. The van der Waals surface area contributed by atoms with Crippen molar-refractivity contribution in [1.82, 2.24) is 20.9 Å². The summed E-state index contributed by atoms with van der Waals surface area (Å²) in [5.41, 5.74) is 9.02. The molecule has 0 radical (unpaired) electrons. The fraction of sp³-hybridized carbons (Fsp3) is 0.275. The largest absolute Gasteiger partial charge is 0.507 e. The number of nitrogens with two attached hydrogens (primary N) is 1. The van der Waals surface area contributed by atoms with Crippen molar-refractivity contribution >= 4 is 57.1 Å². The van der Waals surface area contributed by atoms with Gasteiger partial charge in [0.25, 0.3) is 5.91 Å². The van der Waals surface area contributed by atoms with Crippen LogP contribution in [0.3, 0.4) is 0 Å². The Labute approximate surface area is 331 Å². The number of hydrogen-bond acceptors (Lipinski definition) is 8. The maximum absolute atomic E-state index is 14.4. The number of likely N-dealkylation sites (N-methyl/N-ethyl adjacent to an activating group) is 1. The molecule has 1 heterocycles. The summed E-state index contributed by atoms with van der Waals surface area (Å²) in [6.45, 7) is 1.34. The third kappa shape index (κ3) is 9.63. The Bertz CT molecular complexity index is 2110. The number of amides is 4. The van der Waals surface area contributed by atoms with Crippen molar-refractivity contribution in [3.05, 3.63) is 105 Å². The lowest BCUT2D eigenvalue weighted by Crippen LogP contribution is -2.52. The second-order valence-corrected chi connectivity index (χ2v) is 14.6. The number of halogens is 2. The predicted molar refractivity (Wildman–Crippen MR) is 210 cm³/mol. The van der Waals surface area contributed by atoms with Gasteiger partial charge in [-0.2, -0.15) is 0 Å². The minimum absolute atomic E-state index is 0.0910. The van der Waals surface area contributed by atoms with Gasteiger partial charge in [-0.15, -0.1) is 0 Å². The van der Waals surface area contributed by atoms with E-state index < -0.39 is 54.3 Å². The maximum atomic E-state index is 14.4. The number of hydrogen-bond donors (Lipinski definition) is 7.